The smallest absolute Gasteiger partial charge is 0.0165 e. The van der Waals surface area contributed by atoms with Crippen molar-refractivity contribution in [3.8, 4) is 0 Å². The zero-order chi connectivity index (χ0) is 9.80. The van der Waals surface area contributed by atoms with Gasteiger partial charge < -0.3 is 5.73 Å². The van der Waals surface area contributed by atoms with E-state index in [4.69, 9.17) is 5.73 Å². The lowest BCUT2D eigenvalue weighted by Crippen LogP contribution is -2.37. The van der Waals surface area contributed by atoms with Crippen molar-refractivity contribution in [1.82, 2.24) is 0 Å². The molecule has 14 heavy (non-hydrogen) atoms. The summed E-state index contributed by atoms with van der Waals surface area (Å²) < 4.78 is 0. The van der Waals surface area contributed by atoms with Crippen LogP contribution in [0, 0.1) is 11.8 Å². The highest BCUT2D eigenvalue weighted by atomic mass is 14.7. The number of allylic oxidation sites excluding steroid dienone is 2. The molecule has 0 spiro atoms. The highest BCUT2D eigenvalue weighted by Gasteiger charge is 2.24. The Hall–Kier alpha value is -0.560. The molecular weight excluding hydrogens is 170 g/mol. The second kappa shape index (κ2) is 4.79. The summed E-state index contributed by atoms with van der Waals surface area (Å²) in [5.74, 6) is 1.27. The molecule has 0 fully saturated rings. The van der Waals surface area contributed by atoms with Gasteiger partial charge in [-0.3, -0.25) is 0 Å². The van der Waals surface area contributed by atoms with Gasteiger partial charge in [0.15, 0.2) is 0 Å². The Bertz CT molecular complexity index is 205. The molecule has 2 rings (SSSR count). The van der Waals surface area contributed by atoms with Crippen molar-refractivity contribution in [2.24, 2.45) is 17.6 Å². The second-order valence-electron chi connectivity index (χ2n) is 4.62. The van der Waals surface area contributed by atoms with Crippen LogP contribution in [-0.2, 0) is 0 Å². The van der Waals surface area contributed by atoms with Gasteiger partial charge in [0, 0.05) is 6.04 Å². The molecule has 78 valence electrons. The molecule has 2 aliphatic rings. The standard InChI is InChI=1S/C13H21N/c14-13(11-7-3-1-4-8-11)12-9-5-2-6-10-12/h3,5,7,9,11-13H,1-2,4,6,8,10,14H2. The van der Waals surface area contributed by atoms with E-state index in [0.717, 1.165) is 0 Å². The molecule has 0 amide bonds. The first-order valence-corrected chi connectivity index (χ1v) is 5.97. The zero-order valence-electron chi connectivity index (χ0n) is 8.86. The number of nitrogens with two attached hydrogens (primary N) is 1. The highest BCUT2D eigenvalue weighted by Crippen LogP contribution is 2.28. The molecule has 1 nitrogen and oxygen atoms in total. The van der Waals surface area contributed by atoms with E-state index in [9.17, 15) is 0 Å². The Morgan fingerprint density at radius 3 is 1.79 bits per heavy atom. The fourth-order valence-electron chi connectivity index (χ4n) is 2.64. The van der Waals surface area contributed by atoms with Crippen LogP contribution in [0.1, 0.15) is 38.5 Å². The first-order valence-electron chi connectivity index (χ1n) is 5.97. The minimum atomic E-state index is 0.364. The maximum atomic E-state index is 6.32. The molecular formula is C13H21N. The maximum absolute atomic E-state index is 6.32. The average molecular weight is 191 g/mol. The molecule has 2 N–H and O–H groups in total. The molecule has 2 aliphatic carbocycles. The van der Waals surface area contributed by atoms with Gasteiger partial charge in [0.2, 0.25) is 0 Å². The van der Waals surface area contributed by atoms with Crippen LogP contribution in [0.4, 0.5) is 0 Å². The predicted octanol–water partition coefficient (Wildman–Crippen LogP) is 3.03. The number of hydrogen-bond donors (Lipinski definition) is 1. The molecule has 0 aromatic carbocycles. The van der Waals surface area contributed by atoms with Gasteiger partial charge in [0.05, 0.1) is 0 Å². The second-order valence-corrected chi connectivity index (χ2v) is 4.62. The van der Waals surface area contributed by atoms with Crippen molar-refractivity contribution in [3.05, 3.63) is 24.3 Å². The van der Waals surface area contributed by atoms with Crippen molar-refractivity contribution in [2.45, 2.75) is 44.6 Å². The summed E-state index contributed by atoms with van der Waals surface area (Å²) >= 11 is 0. The van der Waals surface area contributed by atoms with E-state index in [1.54, 1.807) is 0 Å². The van der Waals surface area contributed by atoms with Crippen molar-refractivity contribution in [1.29, 1.82) is 0 Å². The minimum absolute atomic E-state index is 0.364. The van der Waals surface area contributed by atoms with Gasteiger partial charge in [-0.15, -0.1) is 0 Å². The van der Waals surface area contributed by atoms with Gasteiger partial charge in [0.25, 0.3) is 0 Å². The first kappa shape index (κ1) is 9.97. The van der Waals surface area contributed by atoms with E-state index in [0.29, 0.717) is 17.9 Å². The van der Waals surface area contributed by atoms with Crippen LogP contribution in [0.15, 0.2) is 24.3 Å². The van der Waals surface area contributed by atoms with Crippen molar-refractivity contribution in [3.63, 3.8) is 0 Å². The molecule has 0 radical (unpaired) electrons. The highest BCUT2D eigenvalue weighted by molar-refractivity contribution is 5.04. The lowest BCUT2D eigenvalue weighted by atomic mass is 9.79. The van der Waals surface area contributed by atoms with E-state index >= 15 is 0 Å². The van der Waals surface area contributed by atoms with E-state index in [1.807, 2.05) is 0 Å². The van der Waals surface area contributed by atoms with Gasteiger partial charge in [0.1, 0.15) is 0 Å². The van der Waals surface area contributed by atoms with E-state index in [-0.39, 0.29) is 0 Å². The molecule has 0 aliphatic heterocycles. The third-order valence-corrected chi connectivity index (χ3v) is 3.57. The molecule has 1 heteroatoms. The van der Waals surface area contributed by atoms with Crippen molar-refractivity contribution < 1.29 is 0 Å². The fourth-order valence-corrected chi connectivity index (χ4v) is 2.64. The predicted molar refractivity (Wildman–Crippen MR) is 60.9 cm³/mol. The summed E-state index contributed by atoms with van der Waals surface area (Å²) in [6.07, 6.45) is 17.0. The normalized spacial score (nSPS) is 34.4. The van der Waals surface area contributed by atoms with Gasteiger partial charge in [-0.1, -0.05) is 24.3 Å². The summed E-state index contributed by atoms with van der Waals surface area (Å²) in [4.78, 5) is 0. The molecule has 0 bridgehead atoms. The summed E-state index contributed by atoms with van der Waals surface area (Å²) in [5, 5.41) is 0. The Morgan fingerprint density at radius 2 is 1.43 bits per heavy atom. The van der Waals surface area contributed by atoms with Crippen LogP contribution in [0.25, 0.3) is 0 Å². The van der Waals surface area contributed by atoms with Crippen molar-refractivity contribution >= 4 is 0 Å². The summed E-state index contributed by atoms with van der Waals surface area (Å²) in [6.45, 7) is 0. The van der Waals surface area contributed by atoms with Crippen LogP contribution in [0.3, 0.4) is 0 Å². The van der Waals surface area contributed by atoms with Gasteiger partial charge >= 0.3 is 0 Å². The van der Waals surface area contributed by atoms with Gasteiger partial charge in [-0.25, -0.2) is 0 Å². The van der Waals surface area contributed by atoms with Gasteiger partial charge in [-0.05, 0) is 50.4 Å². The fraction of sp³-hybridized carbons (Fsp3) is 0.692. The maximum Gasteiger partial charge on any atom is 0.0165 e. The van der Waals surface area contributed by atoms with Crippen LogP contribution < -0.4 is 5.73 Å². The minimum Gasteiger partial charge on any atom is -0.327 e. The summed E-state index contributed by atoms with van der Waals surface area (Å²) in [5.41, 5.74) is 6.32. The van der Waals surface area contributed by atoms with Crippen LogP contribution in [0.2, 0.25) is 0 Å². The monoisotopic (exact) mass is 191 g/mol. The molecule has 2 unspecified atom stereocenters. The van der Waals surface area contributed by atoms with E-state index < -0.39 is 0 Å². The Balaban J connectivity index is 1.95. The topological polar surface area (TPSA) is 26.0 Å². The third-order valence-electron chi connectivity index (χ3n) is 3.57. The van der Waals surface area contributed by atoms with E-state index in [1.165, 1.54) is 38.5 Å². The molecule has 0 aromatic rings. The number of hydrogen-bond acceptors (Lipinski definition) is 1. The average Bonchev–Trinajstić information content (AvgIpc) is 2.30. The Labute approximate surface area is 87.1 Å². The summed E-state index contributed by atoms with van der Waals surface area (Å²) in [6, 6.07) is 0.364. The molecule has 0 aromatic heterocycles. The lowest BCUT2D eigenvalue weighted by Gasteiger charge is -2.30. The largest absolute Gasteiger partial charge is 0.327 e. The Morgan fingerprint density at radius 1 is 0.929 bits per heavy atom. The quantitative estimate of drug-likeness (QED) is 0.667. The SMILES string of the molecule is NC(C1C=CCCC1)C1C=CCCC1. The van der Waals surface area contributed by atoms with Gasteiger partial charge in [-0.2, -0.15) is 0 Å². The molecule has 0 saturated heterocycles. The van der Waals surface area contributed by atoms with Crippen molar-refractivity contribution in [2.75, 3.05) is 0 Å². The molecule has 0 heterocycles. The van der Waals surface area contributed by atoms with Crippen LogP contribution in [-0.4, -0.2) is 6.04 Å². The first-order chi connectivity index (χ1) is 6.88. The number of rotatable bonds is 2. The van der Waals surface area contributed by atoms with Crippen LogP contribution in [0.5, 0.6) is 0 Å². The molecule has 2 atom stereocenters. The van der Waals surface area contributed by atoms with E-state index in [2.05, 4.69) is 24.3 Å². The Kier molecular flexibility index (Phi) is 3.41. The van der Waals surface area contributed by atoms with Crippen LogP contribution >= 0.6 is 0 Å². The summed E-state index contributed by atoms with van der Waals surface area (Å²) in [7, 11) is 0. The third kappa shape index (κ3) is 2.27. The zero-order valence-corrected chi connectivity index (χ0v) is 8.86. The molecule has 0 saturated carbocycles. The lowest BCUT2D eigenvalue weighted by molar-refractivity contribution is 0.344.